The maximum atomic E-state index is 10.3. The van der Waals surface area contributed by atoms with Crippen molar-refractivity contribution in [2.24, 2.45) is 0 Å². The van der Waals surface area contributed by atoms with Crippen molar-refractivity contribution in [1.82, 2.24) is 19.9 Å². The Kier molecular flexibility index (Phi) is 5.44. The molecule has 0 bridgehead atoms. The van der Waals surface area contributed by atoms with Gasteiger partial charge in [-0.2, -0.15) is 0 Å². The number of hydrogen-bond donors (Lipinski definition) is 1. The average molecular weight is 438 g/mol. The summed E-state index contributed by atoms with van der Waals surface area (Å²) in [5.41, 5.74) is 1.76. The maximum Gasteiger partial charge on any atom is 0.164 e. The van der Waals surface area contributed by atoms with Gasteiger partial charge in [0, 0.05) is 55.1 Å². The molecule has 1 aliphatic heterocycles. The highest BCUT2D eigenvalue weighted by atomic mass is 32.1. The topological polar surface area (TPSA) is 65.4 Å². The van der Waals surface area contributed by atoms with Crippen LogP contribution in [0.5, 0.6) is 0 Å². The van der Waals surface area contributed by atoms with Gasteiger partial charge in [-0.1, -0.05) is 0 Å². The molecule has 2 aliphatic rings. The first-order valence-corrected chi connectivity index (χ1v) is 12.1. The van der Waals surface area contributed by atoms with Crippen molar-refractivity contribution in [1.29, 1.82) is 0 Å². The van der Waals surface area contributed by atoms with Crippen LogP contribution < -0.4 is 4.90 Å². The van der Waals surface area contributed by atoms with E-state index in [1.54, 1.807) is 6.20 Å². The SMILES string of the molecule is CC1CN(CC(C)(C)O)CCN1c1nc(-c2cccnc2)nc2sc3c(c12)CCCC3. The summed E-state index contributed by atoms with van der Waals surface area (Å²) in [7, 11) is 0. The molecule has 6 nitrogen and oxygen atoms in total. The first kappa shape index (κ1) is 20.8. The summed E-state index contributed by atoms with van der Waals surface area (Å²) in [4.78, 5) is 21.9. The van der Waals surface area contributed by atoms with E-state index in [2.05, 4.69) is 21.7 Å². The molecule has 3 aromatic rings. The van der Waals surface area contributed by atoms with Crippen LogP contribution in [0.2, 0.25) is 0 Å². The molecule has 1 unspecified atom stereocenters. The van der Waals surface area contributed by atoms with Crippen molar-refractivity contribution in [3.8, 4) is 11.4 Å². The van der Waals surface area contributed by atoms with Crippen LogP contribution in [-0.4, -0.2) is 62.8 Å². The zero-order valence-corrected chi connectivity index (χ0v) is 19.5. The lowest BCUT2D eigenvalue weighted by molar-refractivity contribution is 0.0307. The van der Waals surface area contributed by atoms with E-state index in [4.69, 9.17) is 9.97 Å². The third-order valence-electron chi connectivity index (χ3n) is 6.31. The lowest BCUT2D eigenvalue weighted by atomic mass is 9.96. The minimum absolute atomic E-state index is 0.315. The first-order valence-electron chi connectivity index (χ1n) is 11.3. The van der Waals surface area contributed by atoms with Gasteiger partial charge in [0.25, 0.3) is 0 Å². The molecule has 5 rings (SSSR count). The molecule has 0 saturated carbocycles. The Labute approximate surface area is 188 Å². The normalized spacial score (nSPS) is 20.3. The lowest BCUT2D eigenvalue weighted by Gasteiger charge is -2.42. The summed E-state index contributed by atoms with van der Waals surface area (Å²) < 4.78 is 0. The van der Waals surface area contributed by atoms with Gasteiger partial charge < -0.3 is 10.0 Å². The number of aliphatic hydroxyl groups is 1. The van der Waals surface area contributed by atoms with Crippen LogP contribution in [-0.2, 0) is 12.8 Å². The lowest BCUT2D eigenvalue weighted by Crippen LogP contribution is -2.55. The third kappa shape index (κ3) is 4.19. The van der Waals surface area contributed by atoms with Crippen LogP contribution in [0.15, 0.2) is 24.5 Å². The fourth-order valence-corrected chi connectivity index (χ4v) is 6.26. The Bertz CT molecular complexity index is 1080. The average Bonchev–Trinajstić information content (AvgIpc) is 3.11. The van der Waals surface area contributed by atoms with Crippen LogP contribution >= 0.6 is 11.3 Å². The van der Waals surface area contributed by atoms with Gasteiger partial charge in [-0.25, -0.2) is 9.97 Å². The molecule has 1 atom stereocenters. The van der Waals surface area contributed by atoms with Gasteiger partial charge in [0.15, 0.2) is 5.82 Å². The second-order valence-corrected chi connectivity index (χ2v) is 10.7. The number of thiophene rings is 1. The van der Waals surface area contributed by atoms with Gasteiger partial charge in [-0.3, -0.25) is 9.88 Å². The van der Waals surface area contributed by atoms with Gasteiger partial charge in [-0.15, -0.1) is 11.3 Å². The van der Waals surface area contributed by atoms with Gasteiger partial charge in [0.1, 0.15) is 10.6 Å². The zero-order valence-electron chi connectivity index (χ0n) is 18.6. The minimum atomic E-state index is -0.677. The fraction of sp³-hybridized carbons (Fsp3) is 0.542. The summed E-state index contributed by atoms with van der Waals surface area (Å²) in [5, 5.41) is 11.5. The second-order valence-electron chi connectivity index (χ2n) is 9.59. The molecular weight excluding hydrogens is 406 g/mol. The summed E-state index contributed by atoms with van der Waals surface area (Å²) >= 11 is 1.85. The Morgan fingerprint density at radius 3 is 2.77 bits per heavy atom. The van der Waals surface area contributed by atoms with Gasteiger partial charge >= 0.3 is 0 Å². The molecule has 1 fully saturated rings. The predicted octanol–water partition coefficient (Wildman–Crippen LogP) is 3.91. The minimum Gasteiger partial charge on any atom is -0.389 e. The molecule has 0 spiro atoms. The largest absolute Gasteiger partial charge is 0.389 e. The van der Waals surface area contributed by atoms with E-state index >= 15 is 0 Å². The molecule has 31 heavy (non-hydrogen) atoms. The maximum absolute atomic E-state index is 10.3. The van der Waals surface area contributed by atoms with Crippen LogP contribution in [0.1, 0.15) is 44.1 Å². The van der Waals surface area contributed by atoms with E-state index in [1.165, 1.54) is 28.7 Å². The molecule has 1 aliphatic carbocycles. The van der Waals surface area contributed by atoms with Crippen LogP contribution in [0, 0.1) is 0 Å². The molecule has 0 radical (unpaired) electrons. The van der Waals surface area contributed by atoms with Gasteiger partial charge in [-0.05, 0) is 64.2 Å². The van der Waals surface area contributed by atoms with Crippen molar-refractivity contribution >= 4 is 27.4 Å². The molecule has 164 valence electrons. The Hall–Kier alpha value is -2.09. The highest BCUT2D eigenvalue weighted by Gasteiger charge is 2.31. The number of fused-ring (bicyclic) bond motifs is 3. The first-order chi connectivity index (χ1) is 14.9. The molecule has 0 amide bonds. The van der Waals surface area contributed by atoms with Crippen molar-refractivity contribution in [3.05, 3.63) is 35.0 Å². The van der Waals surface area contributed by atoms with Crippen LogP contribution in [0.3, 0.4) is 0 Å². The standard InChI is InChI=1S/C24H31N5OS/c1-16-14-28(15-24(2,3)30)11-12-29(16)22-20-18-8-4-5-9-19(18)31-23(20)27-21(26-22)17-7-6-10-25-13-17/h6-7,10,13,16,30H,4-5,8-9,11-12,14-15H2,1-3H3. The number of anilines is 1. The van der Waals surface area contributed by atoms with Gasteiger partial charge in [0.2, 0.25) is 0 Å². The molecular formula is C24H31N5OS. The van der Waals surface area contributed by atoms with E-state index < -0.39 is 5.60 Å². The fourth-order valence-electron chi connectivity index (χ4n) is 5.01. The number of rotatable bonds is 4. The monoisotopic (exact) mass is 437 g/mol. The Morgan fingerprint density at radius 1 is 1.19 bits per heavy atom. The second kappa shape index (κ2) is 8.11. The molecule has 4 heterocycles. The quantitative estimate of drug-likeness (QED) is 0.668. The zero-order chi connectivity index (χ0) is 21.6. The number of β-amino-alcohol motifs (C(OH)–C–C–N with tert-alkyl or cyclic N) is 1. The Balaban J connectivity index is 1.57. The molecule has 3 aromatic heterocycles. The van der Waals surface area contributed by atoms with Crippen molar-refractivity contribution in [3.63, 3.8) is 0 Å². The summed E-state index contributed by atoms with van der Waals surface area (Å²) in [6, 6.07) is 4.30. The van der Waals surface area contributed by atoms with E-state index in [-0.39, 0.29) is 0 Å². The van der Waals surface area contributed by atoms with Crippen molar-refractivity contribution in [2.45, 2.75) is 58.1 Å². The van der Waals surface area contributed by atoms with E-state index in [9.17, 15) is 5.11 Å². The van der Waals surface area contributed by atoms with Gasteiger partial charge in [0.05, 0.1) is 11.0 Å². The van der Waals surface area contributed by atoms with Crippen molar-refractivity contribution < 1.29 is 5.11 Å². The number of pyridine rings is 1. The highest BCUT2D eigenvalue weighted by molar-refractivity contribution is 7.19. The number of aromatic nitrogens is 3. The summed E-state index contributed by atoms with van der Waals surface area (Å²) in [6.45, 7) is 9.48. The molecule has 7 heteroatoms. The summed E-state index contributed by atoms with van der Waals surface area (Å²) in [5.74, 6) is 1.85. The number of nitrogens with zero attached hydrogens (tertiary/aromatic N) is 5. The molecule has 1 N–H and O–H groups in total. The third-order valence-corrected chi connectivity index (χ3v) is 7.50. The number of piperazine rings is 1. The van der Waals surface area contributed by atoms with Crippen LogP contribution in [0.25, 0.3) is 21.6 Å². The smallest absolute Gasteiger partial charge is 0.164 e. The Morgan fingerprint density at radius 2 is 2.03 bits per heavy atom. The molecule has 1 saturated heterocycles. The highest BCUT2D eigenvalue weighted by Crippen LogP contribution is 2.41. The molecule has 0 aromatic carbocycles. The predicted molar refractivity (Wildman–Crippen MR) is 127 cm³/mol. The van der Waals surface area contributed by atoms with E-state index in [1.807, 2.05) is 43.5 Å². The summed E-state index contributed by atoms with van der Waals surface area (Å²) in [6.07, 6.45) is 8.44. The van der Waals surface area contributed by atoms with Crippen molar-refractivity contribution in [2.75, 3.05) is 31.1 Å². The van der Waals surface area contributed by atoms with Crippen LogP contribution in [0.4, 0.5) is 5.82 Å². The number of aryl methyl sites for hydroxylation is 2. The van der Waals surface area contributed by atoms with E-state index in [0.717, 1.165) is 54.5 Å². The number of hydrogen-bond acceptors (Lipinski definition) is 7. The van der Waals surface area contributed by atoms with E-state index in [0.29, 0.717) is 12.6 Å².